The molecule has 1 amide bonds. The lowest BCUT2D eigenvalue weighted by molar-refractivity contribution is -0.120. The lowest BCUT2D eigenvalue weighted by atomic mass is 10.2. The molecule has 1 saturated carbocycles. The van der Waals surface area contributed by atoms with Crippen molar-refractivity contribution in [2.75, 3.05) is 6.54 Å². The first-order valence-corrected chi connectivity index (χ1v) is 4.86. The van der Waals surface area contributed by atoms with Crippen LogP contribution in [0.25, 0.3) is 0 Å². The van der Waals surface area contributed by atoms with E-state index in [1.807, 2.05) is 13.0 Å². The molecule has 0 aliphatic heterocycles. The number of hydrogen-bond donors (Lipinski definition) is 2. The first kappa shape index (κ1) is 10.3. The van der Waals surface area contributed by atoms with Gasteiger partial charge in [0.05, 0.1) is 6.54 Å². The maximum atomic E-state index is 11.3. The second-order valence-electron chi connectivity index (χ2n) is 3.65. The molecular weight excluding hydrogens is 164 g/mol. The van der Waals surface area contributed by atoms with Crippen LogP contribution in [0.2, 0.25) is 0 Å². The van der Waals surface area contributed by atoms with Crippen LogP contribution in [0.3, 0.4) is 0 Å². The normalized spacial score (nSPS) is 17.9. The van der Waals surface area contributed by atoms with E-state index in [-0.39, 0.29) is 11.9 Å². The summed E-state index contributed by atoms with van der Waals surface area (Å²) in [6.45, 7) is 6.06. The molecule has 3 nitrogen and oxygen atoms in total. The summed E-state index contributed by atoms with van der Waals surface area (Å²) in [6.07, 6.45) is 5.08. The van der Waals surface area contributed by atoms with E-state index in [2.05, 4.69) is 17.2 Å². The van der Waals surface area contributed by atoms with Crippen molar-refractivity contribution in [2.24, 2.45) is 0 Å². The summed E-state index contributed by atoms with van der Waals surface area (Å²) in [5.41, 5.74) is 0. The van der Waals surface area contributed by atoms with Crippen LogP contribution in [0.4, 0.5) is 0 Å². The molecular formula is C10H18N2O. The number of carbonyl (C=O) groups is 1. The molecule has 0 aromatic rings. The van der Waals surface area contributed by atoms with Crippen LogP contribution < -0.4 is 10.6 Å². The van der Waals surface area contributed by atoms with Crippen LogP contribution >= 0.6 is 0 Å². The van der Waals surface area contributed by atoms with Gasteiger partial charge in [0.1, 0.15) is 0 Å². The third kappa shape index (κ3) is 4.68. The molecule has 0 aromatic heterocycles. The van der Waals surface area contributed by atoms with Crippen molar-refractivity contribution in [3.05, 3.63) is 12.7 Å². The van der Waals surface area contributed by atoms with E-state index in [9.17, 15) is 4.79 Å². The smallest absolute Gasteiger partial charge is 0.234 e. The molecule has 0 bridgehead atoms. The number of rotatable bonds is 6. The highest BCUT2D eigenvalue weighted by Crippen LogP contribution is 2.17. The lowest BCUT2D eigenvalue weighted by Crippen LogP contribution is -2.39. The lowest BCUT2D eigenvalue weighted by Gasteiger charge is -2.11. The van der Waals surface area contributed by atoms with Crippen LogP contribution in [0.15, 0.2) is 12.7 Å². The van der Waals surface area contributed by atoms with Crippen LogP contribution in [-0.4, -0.2) is 24.5 Å². The van der Waals surface area contributed by atoms with Gasteiger partial charge in [0.15, 0.2) is 0 Å². The van der Waals surface area contributed by atoms with Gasteiger partial charge in [-0.2, -0.15) is 0 Å². The zero-order valence-corrected chi connectivity index (χ0v) is 8.18. The molecule has 1 aliphatic rings. The van der Waals surface area contributed by atoms with Crippen LogP contribution in [0.1, 0.15) is 26.2 Å². The van der Waals surface area contributed by atoms with Crippen LogP contribution in [0.5, 0.6) is 0 Å². The van der Waals surface area contributed by atoms with Gasteiger partial charge in [-0.3, -0.25) is 4.79 Å². The largest absolute Gasteiger partial charge is 0.352 e. The van der Waals surface area contributed by atoms with Gasteiger partial charge in [0, 0.05) is 12.1 Å². The Hall–Kier alpha value is -0.830. The summed E-state index contributed by atoms with van der Waals surface area (Å²) >= 11 is 0. The van der Waals surface area contributed by atoms with Crippen molar-refractivity contribution in [3.8, 4) is 0 Å². The maximum absolute atomic E-state index is 11.3. The zero-order chi connectivity index (χ0) is 9.68. The van der Waals surface area contributed by atoms with Gasteiger partial charge >= 0.3 is 0 Å². The highest BCUT2D eigenvalue weighted by atomic mass is 16.1. The standard InChI is InChI=1S/C10H18N2O/c1-3-4-8(2)12-10(13)7-11-9-5-6-9/h3,8-9,11H,1,4-7H2,2H3,(H,12,13). The first-order chi connectivity index (χ1) is 6.22. The molecule has 13 heavy (non-hydrogen) atoms. The minimum Gasteiger partial charge on any atom is -0.352 e. The SMILES string of the molecule is C=CCC(C)NC(=O)CNC1CC1. The second-order valence-corrected chi connectivity index (χ2v) is 3.65. The van der Waals surface area contributed by atoms with Gasteiger partial charge in [0.25, 0.3) is 0 Å². The predicted octanol–water partition coefficient (Wildman–Crippen LogP) is 0.819. The number of amides is 1. The van der Waals surface area contributed by atoms with Crippen molar-refractivity contribution >= 4 is 5.91 Å². The molecule has 2 N–H and O–H groups in total. The first-order valence-electron chi connectivity index (χ1n) is 4.86. The van der Waals surface area contributed by atoms with Crippen molar-refractivity contribution in [1.82, 2.24) is 10.6 Å². The quantitative estimate of drug-likeness (QED) is 0.597. The number of hydrogen-bond acceptors (Lipinski definition) is 2. The number of carbonyl (C=O) groups excluding carboxylic acids is 1. The molecule has 74 valence electrons. The van der Waals surface area contributed by atoms with Crippen LogP contribution in [-0.2, 0) is 4.79 Å². The Morgan fingerprint density at radius 2 is 2.38 bits per heavy atom. The Morgan fingerprint density at radius 1 is 1.69 bits per heavy atom. The average molecular weight is 182 g/mol. The van der Waals surface area contributed by atoms with Crippen molar-refractivity contribution in [2.45, 2.75) is 38.3 Å². The summed E-state index contributed by atoms with van der Waals surface area (Å²) in [7, 11) is 0. The van der Waals surface area contributed by atoms with E-state index in [1.165, 1.54) is 12.8 Å². The highest BCUT2D eigenvalue weighted by Gasteiger charge is 2.21. The fourth-order valence-electron chi connectivity index (χ4n) is 1.16. The van der Waals surface area contributed by atoms with Gasteiger partial charge in [0.2, 0.25) is 5.91 Å². The van der Waals surface area contributed by atoms with Crippen molar-refractivity contribution < 1.29 is 4.79 Å². The van der Waals surface area contributed by atoms with E-state index in [1.54, 1.807) is 0 Å². The molecule has 1 aliphatic carbocycles. The monoisotopic (exact) mass is 182 g/mol. The molecule has 1 rings (SSSR count). The molecule has 0 saturated heterocycles. The Balaban J connectivity index is 2.04. The zero-order valence-electron chi connectivity index (χ0n) is 8.18. The third-order valence-corrected chi connectivity index (χ3v) is 2.06. The molecule has 1 fully saturated rings. The minimum absolute atomic E-state index is 0.0845. The predicted molar refractivity (Wildman–Crippen MR) is 53.4 cm³/mol. The molecule has 0 radical (unpaired) electrons. The summed E-state index contributed by atoms with van der Waals surface area (Å²) in [5, 5.41) is 6.06. The van der Waals surface area contributed by atoms with Gasteiger partial charge in [-0.15, -0.1) is 6.58 Å². The van der Waals surface area contributed by atoms with E-state index in [0.717, 1.165) is 6.42 Å². The van der Waals surface area contributed by atoms with Gasteiger partial charge < -0.3 is 10.6 Å². The summed E-state index contributed by atoms with van der Waals surface area (Å²) in [4.78, 5) is 11.3. The fourth-order valence-corrected chi connectivity index (χ4v) is 1.16. The van der Waals surface area contributed by atoms with Gasteiger partial charge in [-0.05, 0) is 26.2 Å². The average Bonchev–Trinajstić information content (AvgIpc) is 2.84. The summed E-state index contributed by atoms with van der Waals surface area (Å²) < 4.78 is 0. The Kier molecular flexibility index (Phi) is 3.96. The Labute approximate surface area is 79.6 Å². The molecule has 0 heterocycles. The second kappa shape index (κ2) is 5.02. The molecule has 1 unspecified atom stereocenters. The van der Waals surface area contributed by atoms with Gasteiger partial charge in [-0.1, -0.05) is 6.08 Å². The summed E-state index contributed by atoms with van der Waals surface area (Å²) in [6, 6.07) is 0.798. The van der Waals surface area contributed by atoms with Crippen molar-refractivity contribution in [1.29, 1.82) is 0 Å². The Bertz CT molecular complexity index is 187. The van der Waals surface area contributed by atoms with E-state index < -0.39 is 0 Å². The van der Waals surface area contributed by atoms with Crippen molar-refractivity contribution in [3.63, 3.8) is 0 Å². The Morgan fingerprint density at radius 3 is 2.92 bits per heavy atom. The molecule has 3 heteroatoms. The van der Waals surface area contributed by atoms with E-state index in [0.29, 0.717) is 12.6 Å². The minimum atomic E-state index is 0.0845. The molecule has 0 spiro atoms. The maximum Gasteiger partial charge on any atom is 0.234 e. The third-order valence-electron chi connectivity index (χ3n) is 2.06. The van der Waals surface area contributed by atoms with E-state index in [4.69, 9.17) is 0 Å². The highest BCUT2D eigenvalue weighted by molar-refractivity contribution is 5.78. The molecule has 0 aromatic carbocycles. The van der Waals surface area contributed by atoms with E-state index >= 15 is 0 Å². The number of nitrogens with one attached hydrogen (secondary N) is 2. The van der Waals surface area contributed by atoms with Gasteiger partial charge in [-0.25, -0.2) is 0 Å². The topological polar surface area (TPSA) is 41.1 Å². The fraction of sp³-hybridized carbons (Fsp3) is 0.700. The summed E-state index contributed by atoms with van der Waals surface area (Å²) in [5.74, 6) is 0.0845. The molecule has 1 atom stereocenters. The van der Waals surface area contributed by atoms with Crippen LogP contribution in [0, 0.1) is 0 Å².